The molecule has 2 aromatic rings. The molecule has 0 bridgehead atoms. The molecule has 0 aliphatic carbocycles. The minimum atomic E-state index is 0.705. The Morgan fingerprint density at radius 1 is 1.05 bits per heavy atom. The van der Waals surface area contributed by atoms with Crippen LogP contribution in [0.1, 0.15) is 18.6 Å². The summed E-state index contributed by atoms with van der Waals surface area (Å²) in [4.78, 5) is 6.69. The molecule has 0 fully saturated rings. The summed E-state index contributed by atoms with van der Waals surface area (Å²) in [7, 11) is 4.03. The number of aliphatic imine (C=N–C) groups is 1. The first-order valence-corrected chi connectivity index (χ1v) is 6.40. The van der Waals surface area contributed by atoms with Gasteiger partial charge in [-0.2, -0.15) is 9.78 Å². The number of hydrogen-bond acceptors (Lipinski definition) is 5. The maximum Gasteiger partial charge on any atom is 0.205 e. The van der Waals surface area contributed by atoms with Gasteiger partial charge in [-0.15, -0.1) is 10.2 Å². The van der Waals surface area contributed by atoms with Crippen LogP contribution in [0.25, 0.3) is 0 Å². The third-order valence-corrected chi connectivity index (χ3v) is 3.21. The number of hydrogen-bond donors (Lipinski definition) is 0. The molecule has 1 aromatic heterocycles. The van der Waals surface area contributed by atoms with Crippen molar-refractivity contribution in [3.05, 3.63) is 35.9 Å². The molecule has 0 saturated carbocycles. The minimum Gasteiger partial charge on any atom is -0.378 e. The molecule has 0 unspecified atom stereocenters. The first-order valence-electron chi connectivity index (χ1n) is 6.40. The van der Waals surface area contributed by atoms with Crippen LogP contribution in [0.4, 0.5) is 11.4 Å². The van der Waals surface area contributed by atoms with Gasteiger partial charge in [0.05, 0.1) is 11.4 Å². The van der Waals surface area contributed by atoms with E-state index in [1.807, 2.05) is 52.2 Å². The molecule has 0 amide bonds. The monoisotopic (exact) mass is 268 g/mol. The first-order chi connectivity index (χ1) is 9.56. The number of benzene rings is 1. The molecule has 1 aliphatic rings. The van der Waals surface area contributed by atoms with Crippen LogP contribution in [0.15, 0.2) is 34.4 Å². The van der Waals surface area contributed by atoms with Crippen molar-refractivity contribution in [2.75, 3.05) is 19.0 Å². The predicted molar refractivity (Wildman–Crippen MR) is 80.2 cm³/mol. The largest absolute Gasteiger partial charge is 0.378 e. The van der Waals surface area contributed by atoms with E-state index in [0.29, 0.717) is 5.82 Å². The fraction of sp³-hybridized carbons (Fsp3) is 0.286. The van der Waals surface area contributed by atoms with E-state index in [9.17, 15) is 0 Å². The number of aromatic nitrogens is 3. The Labute approximate surface area is 117 Å². The molecule has 6 heteroatoms. The number of fused-ring (bicyclic) bond motifs is 1. The van der Waals surface area contributed by atoms with Gasteiger partial charge in [0.15, 0.2) is 5.82 Å². The highest BCUT2D eigenvalue weighted by Crippen LogP contribution is 2.21. The Bertz CT molecular complexity index is 706. The Morgan fingerprint density at radius 2 is 1.75 bits per heavy atom. The third-order valence-electron chi connectivity index (χ3n) is 3.21. The smallest absolute Gasteiger partial charge is 0.205 e. The SMILES string of the molecule is CC1=Nn2c(C)nnc2C1=Nc1ccc(N(C)C)cc1. The maximum absolute atomic E-state index is 4.64. The molecule has 1 aromatic carbocycles. The number of nitrogens with zero attached hydrogens (tertiary/aromatic N) is 6. The van der Waals surface area contributed by atoms with Crippen molar-refractivity contribution in [1.82, 2.24) is 14.9 Å². The van der Waals surface area contributed by atoms with Gasteiger partial charge in [0, 0.05) is 19.8 Å². The summed E-state index contributed by atoms with van der Waals surface area (Å²) >= 11 is 0. The maximum atomic E-state index is 4.64. The van der Waals surface area contributed by atoms with Crippen LogP contribution in [0.5, 0.6) is 0 Å². The van der Waals surface area contributed by atoms with Crippen LogP contribution < -0.4 is 4.90 Å². The van der Waals surface area contributed by atoms with Crippen molar-refractivity contribution < 1.29 is 0 Å². The van der Waals surface area contributed by atoms with Gasteiger partial charge in [-0.25, -0.2) is 4.99 Å². The van der Waals surface area contributed by atoms with Crippen molar-refractivity contribution in [2.24, 2.45) is 10.1 Å². The second kappa shape index (κ2) is 4.56. The Kier molecular flexibility index (Phi) is 2.85. The molecule has 1 aliphatic heterocycles. The molecule has 6 nitrogen and oxygen atoms in total. The van der Waals surface area contributed by atoms with Crippen LogP contribution in [0.3, 0.4) is 0 Å². The van der Waals surface area contributed by atoms with Gasteiger partial charge in [-0.1, -0.05) is 0 Å². The zero-order valence-corrected chi connectivity index (χ0v) is 12.0. The highest BCUT2D eigenvalue weighted by Gasteiger charge is 2.23. The van der Waals surface area contributed by atoms with Crippen molar-refractivity contribution in [3.63, 3.8) is 0 Å². The van der Waals surface area contributed by atoms with Crippen molar-refractivity contribution >= 4 is 22.8 Å². The zero-order chi connectivity index (χ0) is 14.3. The van der Waals surface area contributed by atoms with Crippen molar-refractivity contribution in [3.8, 4) is 0 Å². The van der Waals surface area contributed by atoms with Crippen molar-refractivity contribution in [2.45, 2.75) is 13.8 Å². The van der Waals surface area contributed by atoms with Crippen LogP contribution >= 0.6 is 0 Å². The van der Waals surface area contributed by atoms with Crippen LogP contribution in [-0.2, 0) is 0 Å². The molecule has 0 radical (unpaired) electrons. The molecule has 0 saturated heterocycles. The fourth-order valence-corrected chi connectivity index (χ4v) is 2.07. The molecule has 3 rings (SSSR count). The minimum absolute atomic E-state index is 0.705. The molecular formula is C14H16N6. The molecule has 102 valence electrons. The van der Waals surface area contributed by atoms with Crippen LogP contribution in [-0.4, -0.2) is 40.4 Å². The average molecular weight is 268 g/mol. The average Bonchev–Trinajstić information content (AvgIpc) is 2.92. The van der Waals surface area contributed by atoms with Gasteiger partial charge in [-0.05, 0) is 38.1 Å². The molecule has 0 atom stereocenters. The Balaban J connectivity index is 1.99. The molecular weight excluding hydrogens is 252 g/mol. The summed E-state index contributed by atoms with van der Waals surface area (Å²) < 4.78 is 1.72. The van der Waals surface area contributed by atoms with Gasteiger partial charge in [0.1, 0.15) is 5.71 Å². The first kappa shape index (κ1) is 12.5. The normalized spacial score (nSPS) is 15.4. The molecule has 0 N–H and O–H groups in total. The van der Waals surface area contributed by atoms with E-state index in [4.69, 9.17) is 0 Å². The van der Waals surface area contributed by atoms with Crippen LogP contribution in [0.2, 0.25) is 0 Å². The number of rotatable bonds is 2. The summed E-state index contributed by atoms with van der Waals surface area (Å²) in [6, 6.07) is 8.05. The second-order valence-corrected chi connectivity index (χ2v) is 4.94. The Hall–Kier alpha value is -2.50. The molecule has 0 spiro atoms. The number of anilines is 1. The van der Waals surface area contributed by atoms with Gasteiger partial charge in [0.25, 0.3) is 0 Å². The van der Waals surface area contributed by atoms with E-state index in [1.165, 1.54) is 0 Å². The van der Waals surface area contributed by atoms with E-state index < -0.39 is 0 Å². The lowest BCUT2D eigenvalue weighted by atomic mass is 10.2. The lowest BCUT2D eigenvalue weighted by Crippen LogP contribution is -2.09. The highest BCUT2D eigenvalue weighted by atomic mass is 15.5. The number of aryl methyl sites for hydroxylation is 1. The van der Waals surface area contributed by atoms with E-state index in [2.05, 4.69) is 25.2 Å². The fourth-order valence-electron chi connectivity index (χ4n) is 2.07. The highest BCUT2D eigenvalue weighted by molar-refractivity contribution is 6.48. The van der Waals surface area contributed by atoms with Gasteiger partial charge >= 0.3 is 0 Å². The summed E-state index contributed by atoms with van der Waals surface area (Å²) in [5.74, 6) is 1.48. The van der Waals surface area contributed by atoms with E-state index in [0.717, 1.165) is 28.6 Å². The summed E-state index contributed by atoms with van der Waals surface area (Å²) in [6.45, 7) is 3.81. The lowest BCUT2D eigenvalue weighted by molar-refractivity contribution is 0.834. The summed E-state index contributed by atoms with van der Waals surface area (Å²) in [6.07, 6.45) is 0. The molecule has 20 heavy (non-hydrogen) atoms. The van der Waals surface area contributed by atoms with Gasteiger partial charge < -0.3 is 4.90 Å². The summed E-state index contributed by atoms with van der Waals surface area (Å²) in [5.41, 5.74) is 3.66. The summed E-state index contributed by atoms with van der Waals surface area (Å²) in [5, 5.41) is 12.6. The van der Waals surface area contributed by atoms with Crippen molar-refractivity contribution in [1.29, 1.82) is 0 Å². The Morgan fingerprint density at radius 3 is 2.40 bits per heavy atom. The van der Waals surface area contributed by atoms with Crippen LogP contribution in [0, 0.1) is 6.92 Å². The van der Waals surface area contributed by atoms with E-state index in [-0.39, 0.29) is 0 Å². The van der Waals surface area contributed by atoms with E-state index >= 15 is 0 Å². The van der Waals surface area contributed by atoms with E-state index in [1.54, 1.807) is 4.68 Å². The molecule has 2 heterocycles. The van der Waals surface area contributed by atoms with Gasteiger partial charge in [-0.3, -0.25) is 0 Å². The quantitative estimate of drug-likeness (QED) is 0.837. The van der Waals surface area contributed by atoms with Gasteiger partial charge in [0.2, 0.25) is 5.82 Å². The third kappa shape index (κ3) is 1.99. The lowest BCUT2D eigenvalue weighted by Gasteiger charge is -2.11. The second-order valence-electron chi connectivity index (χ2n) is 4.94. The standard InChI is InChI=1S/C14H16N6/c1-9-13(14-17-16-10(2)20(14)18-9)15-11-5-7-12(8-6-11)19(3)4/h5-8H,1-4H3. The predicted octanol–water partition coefficient (Wildman–Crippen LogP) is 2.01. The zero-order valence-electron chi connectivity index (χ0n) is 12.0. The topological polar surface area (TPSA) is 58.7 Å².